The van der Waals surface area contributed by atoms with Crippen molar-refractivity contribution >= 4 is 23.3 Å². The number of aliphatic imine (C=N–C) groups is 1. The maximum absolute atomic E-state index is 12.4. The van der Waals surface area contributed by atoms with Crippen LogP contribution in [0.15, 0.2) is 41.1 Å². The number of rotatable bonds is 5. The van der Waals surface area contributed by atoms with Crippen LogP contribution in [0.1, 0.15) is 0 Å². The van der Waals surface area contributed by atoms with E-state index in [9.17, 15) is 9.59 Å². The number of urea groups is 1. The normalized spacial score (nSPS) is 20.2. The third-order valence-electron chi connectivity index (χ3n) is 5.10. The molecule has 0 spiro atoms. The number of imide groups is 1. The maximum Gasteiger partial charge on any atom is 0.350 e. The number of carbonyl (C=O) groups excluding carboxylic acids is 2. The fourth-order valence-electron chi connectivity index (χ4n) is 3.50. The van der Waals surface area contributed by atoms with E-state index >= 15 is 0 Å². The minimum Gasteiger partial charge on any atom is -0.497 e. The molecule has 0 N–H and O–H groups in total. The Morgan fingerprint density at radius 2 is 1.96 bits per heavy atom. The molecule has 3 heterocycles. The lowest BCUT2D eigenvalue weighted by atomic mass is 10.1. The van der Waals surface area contributed by atoms with E-state index in [1.54, 1.807) is 7.11 Å². The zero-order chi connectivity index (χ0) is 18.8. The number of ether oxygens (including phenoxy) is 2. The Kier molecular flexibility index (Phi) is 4.81. The van der Waals surface area contributed by atoms with Crippen LogP contribution in [0.3, 0.4) is 0 Å². The molecule has 1 saturated heterocycles. The zero-order valence-corrected chi connectivity index (χ0v) is 15.3. The molecule has 8 nitrogen and oxygen atoms in total. The second-order valence-electron chi connectivity index (χ2n) is 6.67. The molecule has 3 amide bonds. The van der Waals surface area contributed by atoms with Gasteiger partial charge >= 0.3 is 6.03 Å². The van der Waals surface area contributed by atoms with E-state index in [2.05, 4.69) is 20.9 Å². The van der Waals surface area contributed by atoms with Crippen molar-refractivity contribution in [3.05, 3.63) is 36.1 Å². The lowest BCUT2D eigenvalue weighted by Gasteiger charge is -2.37. The van der Waals surface area contributed by atoms with Gasteiger partial charge in [-0.25, -0.2) is 4.79 Å². The van der Waals surface area contributed by atoms with Gasteiger partial charge in [-0.3, -0.25) is 14.6 Å². The number of hydrogen-bond donors (Lipinski definition) is 0. The summed E-state index contributed by atoms with van der Waals surface area (Å²) in [5.74, 6) is 0.541. The molecule has 0 bridgehead atoms. The molecule has 27 heavy (non-hydrogen) atoms. The van der Waals surface area contributed by atoms with Gasteiger partial charge in [0.1, 0.15) is 12.4 Å². The van der Waals surface area contributed by atoms with Gasteiger partial charge in [-0.2, -0.15) is 4.99 Å². The Balaban J connectivity index is 1.31. The monoisotopic (exact) mass is 370 g/mol. The van der Waals surface area contributed by atoms with Crippen LogP contribution in [-0.2, 0) is 9.53 Å². The second kappa shape index (κ2) is 7.40. The highest BCUT2D eigenvalue weighted by Gasteiger charge is 2.35. The lowest BCUT2D eigenvalue weighted by molar-refractivity contribution is -0.124. The fourth-order valence-corrected chi connectivity index (χ4v) is 3.50. The smallest absolute Gasteiger partial charge is 0.350 e. The quantitative estimate of drug-likeness (QED) is 0.774. The number of piperazine rings is 1. The number of benzene rings is 1. The van der Waals surface area contributed by atoms with E-state index in [0.29, 0.717) is 24.4 Å². The summed E-state index contributed by atoms with van der Waals surface area (Å²) in [6, 6.07) is 7.55. The molecule has 4 rings (SSSR count). The third kappa shape index (κ3) is 3.52. The summed E-state index contributed by atoms with van der Waals surface area (Å²) in [4.78, 5) is 34.3. The summed E-state index contributed by atoms with van der Waals surface area (Å²) >= 11 is 0. The summed E-state index contributed by atoms with van der Waals surface area (Å²) < 4.78 is 10.4. The topological polar surface area (TPSA) is 74.7 Å². The summed E-state index contributed by atoms with van der Waals surface area (Å²) in [5.41, 5.74) is 1.98. The third-order valence-corrected chi connectivity index (χ3v) is 5.10. The molecule has 0 atom stereocenters. The average Bonchev–Trinajstić information content (AvgIpc) is 3.17. The van der Waals surface area contributed by atoms with Crippen molar-refractivity contribution in [3.63, 3.8) is 0 Å². The van der Waals surface area contributed by atoms with Crippen molar-refractivity contribution in [3.8, 4) is 5.75 Å². The predicted octanol–water partition coefficient (Wildman–Crippen LogP) is 1.13. The van der Waals surface area contributed by atoms with Crippen molar-refractivity contribution in [2.75, 3.05) is 57.9 Å². The molecule has 0 aliphatic carbocycles. The predicted molar refractivity (Wildman–Crippen MR) is 100 cm³/mol. The second-order valence-corrected chi connectivity index (χ2v) is 6.67. The van der Waals surface area contributed by atoms with Gasteiger partial charge in [0.2, 0.25) is 0 Å². The van der Waals surface area contributed by atoms with Gasteiger partial charge in [-0.1, -0.05) is 6.07 Å². The van der Waals surface area contributed by atoms with Crippen molar-refractivity contribution in [2.24, 2.45) is 4.99 Å². The van der Waals surface area contributed by atoms with Gasteiger partial charge in [0.15, 0.2) is 0 Å². The van der Waals surface area contributed by atoms with Crippen LogP contribution in [0.25, 0.3) is 0 Å². The Morgan fingerprint density at radius 1 is 1.15 bits per heavy atom. The molecule has 1 aromatic rings. The van der Waals surface area contributed by atoms with E-state index < -0.39 is 6.03 Å². The highest BCUT2D eigenvalue weighted by Crippen LogP contribution is 2.22. The maximum atomic E-state index is 12.4. The lowest BCUT2D eigenvalue weighted by Crippen LogP contribution is -2.50. The Morgan fingerprint density at radius 3 is 2.74 bits per heavy atom. The summed E-state index contributed by atoms with van der Waals surface area (Å²) in [6.07, 6.45) is 1.40. The highest BCUT2D eigenvalue weighted by molar-refractivity contribution is 6.30. The number of hydrogen-bond acceptors (Lipinski definition) is 6. The number of anilines is 1. The SMILES string of the molecule is COc1cccc(N2CCN(CCN3C(=O)N=C4COC=C4C3=O)CC2)c1. The van der Waals surface area contributed by atoms with Gasteiger partial charge in [-0.05, 0) is 12.1 Å². The molecule has 3 aliphatic heterocycles. The Labute approximate surface area is 157 Å². The summed E-state index contributed by atoms with van der Waals surface area (Å²) in [7, 11) is 1.67. The molecule has 0 aromatic heterocycles. The standard InChI is InChI=1S/C19H22N4O4/c1-26-15-4-2-3-14(11-15)22-8-5-21(6-9-22)7-10-23-18(24)16-12-27-13-17(16)20-19(23)25/h2-4,11-12H,5-10,13H2,1H3. The first-order chi connectivity index (χ1) is 13.2. The minimum absolute atomic E-state index is 0.201. The Bertz CT molecular complexity index is 812. The number of amides is 3. The summed E-state index contributed by atoms with van der Waals surface area (Å²) in [5, 5.41) is 0. The molecule has 142 valence electrons. The van der Waals surface area contributed by atoms with E-state index in [0.717, 1.165) is 37.6 Å². The number of methoxy groups -OCH3 is 1. The number of carbonyl (C=O) groups is 2. The van der Waals surface area contributed by atoms with E-state index in [4.69, 9.17) is 9.47 Å². The van der Waals surface area contributed by atoms with Crippen LogP contribution < -0.4 is 9.64 Å². The van der Waals surface area contributed by atoms with Crippen molar-refractivity contribution in [1.29, 1.82) is 0 Å². The largest absolute Gasteiger partial charge is 0.497 e. The molecule has 3 aliphatic rings. The van der Waals surface area contributed by atoms with Crippen LogP contribution in [0.5, 0.6) is 5.75 Å². The van der Waals surface area contributed by atoms with Crippen molar-refractivity contribution < 1.29 is 19.1 Å². The molecular weight excluding hydrogens is 348 g/mol. The Hall–Kier alpha value is -2.87. The van der Waals surface area contributed by atoms with Gasteiger partial charge < -0.3 is 14.4 Å². The zero-order valence-electron chi connectivity index (χ0n) is 15.3. The van der Waals surface area contributed by atoms with Gasteiger partial charge in [0, 0.05) is 51.0 Å². The first kappa shape index (κ1) is 17.5. The molecule has 1 fully saturated rings. The molecular formula is C19H22N4O4. The minimum atomic E-state index is -0.493. The summed E-state index contributed by atoms with van der Waals surface area (Å²) in [6.45, 7) is 4.69. The van der Waals surface area contributed by atoms with E-state index in [-0.39, 0.29) is 12.5 Å². The van der Waals surface area contributed by atoms with Gasteiger partial charge in [-0.15, -0.1) is 0 Å². The van der Waals surface area contributed by atoms with Crippen molar-refractivity contribution in [2.45, 2.75) is 0 Å². The molecule has 0 radical (unpaired) electrons. The average molecular weight is 370 g/mol. The molecule has 1 aromatic carbocycles. The van der Waals surface area contributed by atoms with Crippen LogP contribution in [0, 0.1) is 0 Å². The molecule has 0 unspecified atom stereocenters. The van der Waals surface area contributed by atoms with Gasteiger partial charge in [0.05, 0.1) is 24.7 Å². The van der Waals surface area contributed by atoms with Crippen LogP contribution in [0.4, 0.5) is 10.5 Å². The molecule has 0 saturated carbocycles. The van der Waals surface area contributed by atoms with E-state index in [1.807, 2.05) is 18.2 Å². The highest BCUT2D eigenvalue weighted by atomic mass is 16.5. The first-order valence-electron chi connectivity index (χ1n) is 9.02. The van der Waals surface area contributed by atoms with E-state index in [1.165, 1.54) is 11.2 Å². The van der Waals surface area contributed by atoms with Crippen LogP contribution in [-0.4, -0.2) is 80.4 Å². The van der Waals surface area contributed by atoms with Crippen molar-refractivity contribution in [1.82, 2.24) is 9.80 Å². The fraction of sp³-hybridized carbons (Fsp3) is 0.421. The first-order valence-corrected chi connectivity index (χ1v) is 9.02. The number of fused-ring (bicyclic) bond motifs is 1. The van der Waals surface area contributed by atoms with Crippen LogP contribution in [0.2, 0.25) is 0 Å². The molecule has 8 heteroatoms. The van der Waals surface area contributed by atoms with Gasteiger partial charge in [0.25, 0.3) is 5.91 Å². The number of nitrogens with zero attached hydrogens (tertiary/aromatic N) is 4. The van der Waals surface area contributed by atoms with Crippen LogP contribution >= 0.6 is 0 Å².